The van der Waals surface area contributed by atoms with Crippen LogP contribution >= 0.6 is 0 Å². The van der Waals surface area contributed by atoms with Gasteiger partial charge in [-0.3, -0.25) is 19.6 Å². The van der Waals surface area contributed by atoms with Gasteiger partial charge in [0.05, 0.1) is 29.4 Å². The molecule has 3 aromatic rings. The predicted octanol–water partition coefficient (Wildman–Crippen LogP) is 1.20. The molecule has 5 rings (SSSR count). The zero-order valence-electron chi connectivity index (χ0n) is 17.0. The van der Waals surface area contributed by atoms with E-state index in [1.54, 1.807) is 4.68 Å². The number of benzene rings is 1. The molecule has 2 N–H and O–H groups in total. The highest BCUT2D eigenvalue weighted by Gasteiger charge is 2.31. The monoisotopic (exact) mass is 407 g/mol. The number of aromatic nitrogens is 5. The first kappa shape index (κ1) is 18.9. The van der Waals surface area contributed by atoms with Gasteiger partial charge in [0, 0.05) is 31.0 Å². The van der Waals surface area contributed by atoms with Crippen molar-refractivity contribution in [2.75, 3.05) is 13.1 Å². The third kappa shape index (κ3) is 3.49. The number of piperidine rings is 2. The van der Waals surface area contributed by atoms with Crippen molar-refractivity contribution in [1.29, 1.82) is 0 Å². The number of carbonyl (C=O) groups is 2. The number of imide groups is 1. The van der Waals surface area contributed by atoms with E-state index in [0.29, 0.717) is 25.3 Å². The number of rotatable bonds is 4. The SMILES string of the molecule is Cn1nc(C2CCC(=O)NC2=O)c2ccc(Cn3cc(C4CCNCC4)nn3)cc21. The van der Waals surface area contributed by atoms with Crippen molar-refractivity contribution in [1.82, 2.24) is 35.4 Å². The van der Waals surface area contributed by atoms with E-state index in [-0.39, 0.29) is 17.7 Å². The summed E-state index contributed by atoms with van der Waals surface area (Å²) < 4.78 is 3.69. The second kappa shape index (κ2) is 7.64. The van der Waals surface area contributed by atoms with E-state index >= 15 is 0 Å². The van der Waals surface area contributed by atoms with Crippen LogP contribution in [0.15, 0.2) is 24.4 Å². The van der Waals surface area contributed by atoms with Gasteiger partial charge in [-0.05, 0) is 44.0 Å². The minimum atomic E-state index is -0.389. The topological polar surface area (TPSA) is 107 Å². The molecule has 1 unspecified atom stereocenters. The van der Waals surface area contributed by atoms with Gasteiger partial charge in [-0.2, -0.15) is 5.10 Å². The molecule has 1 aromatic carbocycles. The highest BCUT2D eigenvalue weighted by atomic mass is 16.2. The van der Waals surface area contributed by atoms with E-state index in [1.165, 1.54) is 0 Å². The smallest absolute Gasteiger partial charge is 0.235 e. The average molecular weight is 407 g/mol. The molecule has 0 radical (unpaired) electrons. The van der Waals surface area contributed by atoms with Crippen molar-refractivity contribution in [3.63, 3.8) is 0 Å². The maximum Gasteiger partial charge on any atom is 0.235 e. The van der Waals surface area contributed by atoms with Crippen LogP contribution < -0.4 is 10.6 Å². The van der Waals surface area contributed by atoms with Crippen molar-refractivity contribution < 1.29 is 9.59 Å². The molecule has 0 spiro atoms. The summed E-state index contributed by atoms with van der Waals surface area (Å²) in [5.74, 6) is -0.380. The molecular weight excluding hydrogens is 382 g/mol. The molecule has 156 valence electrons. The summed E-state index contributed by atoms with van der Waals surface area (Å²) in [6.07, 6.45) is 5.10. The zero-order valence-corrected chi connectivity index (χ0v) is 17.0. The maximum absolute atomic E-state index is 12.3. The minimum Gasteiger partial charge on any atom is -0.317 e. The number of aryl methyl sites for hydroxylation is 1. The molecule has 2 saturated heterocycles. The first-order chi connectivity index (χ1) is 14.6. The summed E-state index contributed by atoms with van der Waals surface area (Å²) in [5.41, 5.74) is 3.87. The van der Waals surface area contributed by atoms with Gasteiger partial charge in [0.1, 0.15) is 0 Å². The number of nitrogens with one attached hydrogen (secondary N) is 2. The van der Waals surface area contributed by atoms with Gasteiger partial charge in [-0.15, -0.1) is 5.10 Å². The summed E-state index contributed by atoms with van der Waals surface area (Å²) in [6.45, 7) is 2.70. The Kier molecular flexibility index (Phi) is 4.82. The highest BCUT2D eigenvalue weighted by Crippen LogP contribution is 2.31. The van der Waals surface area contributed by atoms with E-state index in [1.807, 2.05) is 23.9 Å². The average Bonchev–Trinajstić information content (AvgIpc) is 3.34. The fraction of sp³-hybridized carbons (Fsp3) is 0.476. The highest BCUT2D eigenvalue weighted by molar-refractivity contribution is 6.02. The molecule has 2 aliphatic heterocycles. The molecule has 2 fully saturated rings. The van der Waals surface area contributed by atoms with Crippen molar-refractivity contribution in [3.05, 3.63) is 41.3 Å². The third-order valence-electron chi connectivity index (χ3n) is 6.17. The summed E-state index contributed by atoms with van der Waals surface area (Å²) in [6, 6.07) is 6.15. The first-order valence-electron chi connectivity index (χ1n) is 10.5. The molecule has 9 heteroatoms. The van der Waals surface area contributed by atoms with Crippen LogP contribution in [0.2, 0.25) is 0 Å². The van der Waals surface area contributed by atoms with Crippen LogP contribution in [0.25, 0.3) is 10.9 Å². The Morgan fingerprint density at radius 2 is 2.00 bits per heavy atom. The van der Waals surface area contributed by atoms with Crippen molar-refractivity contribution >= 4 is 22.7 Å². The van der Waals surface area contributed by atoms with Gasteiger partial charge in [0.2, 0.25) is 11.8 Å². The van der Waals surface area contributed by atoms with Crippen LogP contribution in [0.5, 0.6) is 0 Å². The lowest BCUT2D eigenvalue weighted by Crippen LogP contribution is -2.39. The van der Waals surface area contributed by atoms with Crippen LogP contribution in [-0.4, -0.2) is 49.7 Å². The Labute approximate surface area is 173 Å². The third-order valence-corrected chi connectivity index (χ3v) is 6.17. The van der Waals surface area contributed by atoms with Crippen molar-refractivity contribution in [3.8, 4) is 0 Å². The summed E-state index contributed by atoms with van der Waals surface area (Å²) in [5, 5.41) is 20.1. The molecule has 30 heavy (non-hydrogen) atoms. The van der Waals surface area contributed by atoms with Gasteiger partial charge >= 0.3 is 0 Å². The Balaban J connectivity index is 1.38. The zero-order chi connectivity index (χ0) is 20.7. The normalized spacial score (nSPS) is 20.6. The molecule has 2 aromatic heterocycles. The van der Waals surface area contributed by atoms with E-state index in [0.717, 1.165) is 53.8 Å². The van der Waals surface area contributed by atoms with Crippen molar-refractivity contribution in [2.45, 2.75) is 44.1 Å². The Hall–Kier alpha value is -3.07. The van der Waals surface area contributed by atoms with Gasteiger partial charge < -0.3 is 5.32 Å². The molecule has 0 saturated carbocycles. The number of amides is 2. The van der Waals surface area contributed by atoms with E-state index < -0.39 is 0 Å². The Bertz CT molecular complexity index is 1110. The van der Waals surface area contributed by atoms with Crippen LogP contribution in [0.1, 0.15) is 54.5 Å². The fourth-order valence-electron chi connectivity index (χ4n) is 4.52. The molecule has 2 aliphatic rings. The van der Waals surface area contributed by atoms with Gasteiger partial charge in [0.25, 0.3) is 0 Å². The van der Waals surface area contributed by atoms with Gasteiger partial charge in [-0.25, -0.2) is 4.68 Å². The lowest BCUT2D eigenvalue weighted by molar-refractivity contribution is -0.134. The second-order valence-corrected chi connectivity index (χ2v) is 8.23. The van der Waals surface area contributed by atoms with Crippen LogP contribution in [0, 0.1) is 0 Å². The largest absolute Gasteiger partial charge is 0.317 e. The Morgan fingerprint density at radius 1 is 1.17 bits per heavy atom. The summed E-state index contributed by atoms with van der Waals surface area (Å²) >= 11 is 0. The fourth-order valence-corrected chi connectivity index (χ4v) is 4.52. The van der Waals surface area contributed by atoms with Gasteiger partial charge in [0.15, 0.2) is 0 Å². The lowest BCUT2D eigenvalue weighted by Gasteiger charge is -2.20. The van der Waals surface area contributed by atoms with E-state index in [4.69, 9.17) is 0 Å². The Morgan fingerprint density at radius 3 is 2.80 bits per heavy atom. The number of carbonyl (C=O) groups excluding carboxylic acids is 2. The quantitative estimate of drug-likeness (QED) is 0.630. The molecule has 2 amide bonds. The summed E-state index contributed by atoms with van der Waals surface area (Å²) in [7, 11) is 1.88. The van der Waals surface area contributed by atoms with Crippen molar-refractivity contribution in [2.24, 2.45) is 7.05 Å². The number of fused-ring (bicyclic) bond motifs is 1. The maximum atomic E-state index is 12.3. The van der Waals surface area contributed by atoms with E-state index in [9.17, 15) is 9.59 Å². The van der Waals surface area contributed by atoms with Crippen LogP contribution in [0.3, 0.4) is 0 Å². The number of nitrogens with zero attached hydrogens (tertiary/aromatic N) is 5. The lowest BCUT2D eigenvalue weighted by atomic mass is 9.92. The predicted molar refractivity (Wildman–Crippen MR) is 110 cm³/mol. The van der Waals surface area contributed by atoms with Crippen LogP contribution in [0.4, 0.5) is 0 Å². The molecule has 0 aliphatic carbocycles. The van der Waals surface area contributed by atoms with Gasteiger partial charge in [-0.1, -0.05) is 17.3 Å². The molecular formula is C21H25N7O2. The number of hydrogen-bond donors (Lipinski definition) is 2. The second-order valence-electron chi connectivity index (χ2n) is 8.23. The molecule has 9 nitrogen and oxygen atoms in total. The van der Waals surface area contributed by atoms with E-state index in [2.05, 4.69) is 38.3 Å². The standard InChI is InChI=1S/C21H25N7O2/c1-27-18-10-13(11-28-12-17(24-26-28)14-6-8-22-9-7-14)2-3-15(18)20(25-27)16-4-5-19(29)23-21(16)30/h2-3,10,12,14,16,22H,4-9,11H2,1H3,(H,23,29,30). The minimum absolute atomic E-state index is 0.213. The molecule has 1 atom stereocenters. The number of hydrogen-bond acceptors (Lipinski definition) is 6. The molecule has 0 bridgehead atoms. The molecule has 4 heterocycles. The summed E-state index contributed by atoms with van der Waals surface area (Å²) in [4.78, 5) is 23.8. The van der Waals surface area contributed by atoms with Crippen LogP contribution in [-0.2, 0) is 23.2 Å². The first-order valence-corrected chi connectivity index (χ1v) is 10.5.